The van der Waals surface area contributed by atoms with Crippen molar-refractivity contribution in [3.63, 3.8) is 0 Å². The van der Waals surface area contributed by atoms with Crippen molar-refractivity contribution in [3.8, 4) is 0 Å². The van der Waals surface area contributed by atoms with E-state index in [1.54, 1.807) is 0 Å². The van der Waals surface area contributed by atoms with E-state index < -0.39 is 0 Å². The molecule has 0 aromatic rings. The lowest BCUT2D eigenvalue weighted by Crippen LogP contribution is -2.44. The number of imide groups is 1. The summed E-state index contributed by atoms with van der Waals surface area (Å²) < 4.78 is 5.05. The second kappa shape index (κ2) is 5.36. The molecular weight excluding hydrogens is 234 g/mol. The number of amides is 2. The third-order valence-corrected chi connectivity index (χ3v) is 4.09. The summed E-state index contributed by atoms with van der Waals surface area (Å²) in [5, 5.41) is 9.04. The van der Waals surface area contributed by atoms with Crippen molar-refractivity contribution < 1.29 is 19.4 Å². The minimum absolute atomic E-state index is 0.0448. The maximum atomic E-state index is 12.3. The van der Waals surface area contributed by atoms with Gasteiger partial charge in [-0.15, -0.1) is 0 Å². The molecule has 3 atom stereocenters. The van der Waals surface area contributed by atoms with E-state index in [0.717, 1.165) is 12.8 Å². The summed E-state index contributed by atoms with van der Waals surface area (Å²) in [6, 6.07) is -0.319. The van der Waals surface area contributed by atoms with Crippen LogP contribution < -0.4 is 0 Å². The molecule has 1 aliphatic carbocycles. The van der Waals surface area contributed by atoms with Crippen molar-refractivity contribution in [3.05, 3.63) is 0 Å². The molecule has 1 aliphatic heterocycles. The molecule has 0 radical (unpaired) electrons. The zero-order chi connectivity index (χ0) is 13.3. The molecule has 1 N–H and O–H groups in total. The Labute approximate surface area is 107 Å². The number of carbonyl (C=O) groups excluding carboxylic acids is 2. The molecule has 1 saturated carbocycles. The predicted molar refractivity (Wildman–Crippen MR) is 64.6 cm³/mol. The Hall–Kier alpha value is -0.940. The number of likely N-dealkylation sites (tertiary alicyclic amines) is 1. The molecule has 0 bridgehead atoms. The summed E-state index contributed by atoms with van der Waals surface area (Å²) in [4.78, 5) is 26.0. The number of nitrogens with zero attached hydrogens (tertiary/aromatic N) is 1. The third-order valence-electron chi connectivity index (χ3n) is 4.09. The van der Waals surface area contributed by atoms with E-state index in [2.05, 4.69) is 6.92 Å². The normalized spacial score (nSPS) is 33.1. The fourth-order valence-corrected chi connectivity index (χ4v) is 3.29. The number of aliphatic hydroxyl groups is 1. The Morgan fingerprint density at radius 1 is 1.33 bits per heavy atom. The number of fused-ring (bicyclic) bond motifs is 1. The van der Waals surface area contributed by atoms with E-state index >= 15 is 0 Å². The van der Waals surface area contributed by atoms with Gasteiger partial charge in [-0.3, -0.25) is 14.5 Å². The highest BCUT2D eigenvalue weighted by molar-refractivity contribution is 6.05. The summed E-state index contributed by atoms with van der Waals surface area (Å²) in [6.07, 6.45) is 2.01. The first-order valence-electron chi connectivity index (χ1n) is 6.56. The van der Waals surface area contributed by atoms with Crippen molar-refractivity contribution in [2.24, 2.45) is 17.8 Å². The Morgan fingerprint density at radius 2 is 1.89 bits per heavy atom. The molecule has 1 saturated heterocycles. The highest BCUT2D eigenvalue weighted by Gasteiger charge is 2.53. The SMILES string of the molecule is COCC(CCO)N1C(=O)C2CC(C)CC2C1=O. The number of hydrogen-bond donors (Lipinski definition) is 1. The van der Waals surface area contributed by atoms with Gasteiger partial charge in [0.2, 0.25) is 11.8 Å². The van der Waals surface area contributed by atoms with Crippen LogP contribution in [-0.2, 0) is 14.3 Å². The van der Waals surface area contributed by atoms with Gasteiger partial charge in [0.25, 0.3) is 0 Å². The first kappa shape index (κ1) is 13.5. The van der Waals surface area contributed by atoms with Crippen molar-refractivity contribution in [2.45, 2.75) is 32.2 Å². The van der Waals surface area contributed by atoms with Crippen LogP contribution in [0, 0.1) is 17.8 Å². The second-order valence-electron chi connectivity index (χ2n) is 5.46. The highest BCUT2D eigenvalue weighted by atomic mass is 16.5. The summed E-state index contributed by atoms with van der Waals surface area (Å²) in [5.41, 5.74) is 0. The Bertz CT molecular complexity index is 314. The van der Waals surface area contributed by atoms with Crippen LogP contribution in [0.5, 0.6) is 0 Å². The number of ether oxygens (including phenoxy) is 1. The maximum absolute atomic E-state index is 12.3. The summed E-state index contributed by atoms with van der Waals surface area (Å²) in [7, 11) is 1.54. The number of rotatable bonds is 5. The maximum Gasteiger partial charge on any atom is 0.233 e. The van der Waals surface area contributed by atoms with Gasteiger partial charge in [0.05, 0.1) is 24.5 Å². The first-order valence-corrected chi connectivity index (χ1v) is 6.56. The molecule has 2 aliphatic rings. The standard InChI is InChI=1S/C13H21NO4/c1-8-5-10-11(6-8)13(17)14(12(10)16)9(3-4-15)7-18-2/h8-11,15H,3-7H2,1-2H3. The number of methoxy groups -OCH3 is 1. The molecule has 5 heteroatoms. The van der Waals surface area contributed by atoms with Crippen LogP contribution >= 0.6 is 0 Å². The van der Waals surface area contributed by atoms with Gasteiger partial charge in [-0.05, 0) is 25.2 Å². The number of carbonyl (C=O) groups is 2. The fraction of sp³-hybridized carbons (Fsp3) is 0.846. The van der Waals surface area contributed by atoms with Crippen LogP contribution in [0.2, 0.25) is 0 Å². The van der Waals surface area contributed by atoms with E-state index in [9.17, 15) is 9.59 Å². The van der Waals surface area contributed by atoms with Crippen molar-refractivity contribution >= 4 is 11.8 Å². The van der Waals surface area contributed by atoms with Gasteiger partial charge in [0.1, 0.15) is 0 Å². The molecule has 0 spiro atoms. The zero-order valence-corrected chi connectivity index (χ0v) is 11.0. The molecule has 2 amide bonds. The van der Waals surface area contributed by atoms with Gasteiger partial charge >= 0.3 is 0 Å². The quantitative estimate of drug-likeness (QED) is 0.723. The van der Waals surface area contributed by atoms with Crippen LogP contribution in [0.25, 0.3) is 0 Å². The van der Waals surface area contributed by atoms with E-state index in [4.69, 9.17) is 9.84 Å². The van der Waals surface area contributed by atoms with Crippen molar-refractivity contribution in [2.75, 3.05) is 20.3 Å². The molecule has 102 valence electrons. The van der Waals surface area contributed by atoms with Crippen molar-refractivity contribution in [1.29, 1.82) is 0 Å². The molecule has 5 nitrogen and oxygen atoms in total. The average Bonchev–Trinajstić information content (AvgIpc) is 2.80. The van der Waals surface area contributed by atoms with E-state index in [-0.39, 0.29) is 36.3 Å². The van der Waals surface area contributed by atoms with Crippen LogP contribution in [0.4, 0.5) is 0 Å². The topological polar surface area (TPSA) is 66.8 Å². The van der Waals surface area contributed by atoms with E-state index in [1.807, 2.05) is 0 Å². The minimum Gasteiger partial charge on any atom is -0.396 e. The van der Waals surface area contributed by atoms with E-state index in [1.165, 1.54) is 12.0 Å². The lowest BCUT2D eigenvalue weighted by Gasteiger charge is -2.26. The molecule has 1 heterocycles. The Balaban J connectivity index is 2.14. The molecule has 0 aromatic carbocycles. The third kappa shape index (κ3) is 2.17. The minimum atomic E-state index is -0.319. The number of aliphatic hydroxyl groups excluding tert-OH is 1. The van der Waals surface area contributed by atoms with Gasteiger partial charge in [-0.25, -0.2) is 0 Å². The molecule has 2 fully saturated rings. The molecule has 3 unspecified atom stereocenters. The average molecular weight is 255 g/mol. The van der Waals surface area contributed by atoms with Gasteiger partial charge < -0.3 is 9.84 Å². The molecular formula is C13H21NO4. The van der Waals surface area contributed by atoms with Gasteiger partial charge in [-0.1, -0.05) is 6.92 Å². The molecule has 0 aromatic heterocycles. The summed E-state index contributed by atoms with van der Waals surface area (Å²) in [6.45, 7) is 2.34. The molecule has 2 rings (SSSR count). The predicted octanol–water partition coefficient (Wildman–Crippen LogP) is 0.415. The first-order chi connectivity index (χ1) is 8.60. The molecule has 18 heavy (non-hydrogen) atoms. The highest BCUT2D eigenvalue weighted by Crippen LogP contribution is 2.43. The van der Waals surface area contributed by atoms with Crippen LogP contribution in [-0.4, -0.2) is 48.2 Å². The van der Waals surface area contributed by atoms with Gasteiger partial charge in [0, 0.05) is 13.7 Å². The van der Waals surface area contributed by atoms with Crippen LogP contribution in [0.1, 0.15) is 26.2 Å². The largest absolute Gasteiger partial charge is 0.396 e. The second-order valence-corrected chi connectivity index (χ2v) is 5.46. The van der Waals surface area contributed by atoms with Crippen LogP contribution in [0.3, 0.4) is 0 Å². The monoisotopic (exact) mass is 255 g/mol. The van der Waals surface area contributed by atoms with E-state index in [0.29, 0.717) is 18.9 Å². The lowest BCUT2D eigenvalue weighted by atomic mass is 10.00. The fourth-order valence-electron chi connectivity index (χ4n) is 3.29. The van der Waals surface area contributed by atoms with Crippen molar-refractivity contribution in [1.82, 2.24) is 4.90 Å². The Kier molecular flexibility index (Phi) is 4.02. The zero-order valence-electron chi connectivity index (χ0n) is 11.0. The van der Waals surface area contributed by atoms with Gasteiger partial charge in [-0.2, -0.15) is 0 Å². The summed E-state index contributed by atoms with van der Waals surface area (Å²) >= 11 is 0. The lowest BCUT2D eigenvalue weighted by molar-refractivity contribution is -0.145. The number of hydrogen-bond acceptors (Lipinski definition) is 4. The van der Waals surface area contributed by atoms with Crippen LogP contribution in [0.15, 0.2) is 0 Å². The summed E-state index contributed by atoms with van der Waals surface area (Å²) in [5.74, 6) is 0.0552. The Morgan fingerprint density at radius 3 is 2.33 bits per heavy atom. The van der Waals surface area contributed by atoms with Gasteiger partial charge in [0.15, 0.2) is 0 Å². The smallest absolute Gasteiger partial charge is 0.233 e.